The van der Waals surface area contributed by atoms with E-state index in [0.717, 1.165) is 12.8 Å². The lowest BCUT2D eigenvalue weighted by Gasteiger charge is -2.13. The predicted octanol–water partition coefficient (Wildman–Crippen LogP) is 2.01. The third kappa shape index (κ3) is 3.06. The van der Waals surface area contributed by atoms with Crippen molar-refractivity contribution in [2.45, 2.75) is 32.3 Å². The second-order valence-electron chi connectivity index (χ2n) is 3.61. The number of carbonyl (C=O) groups is 1. The lowest BCUT2D eigenvalue weighted by Crippen LogP contribution is -2.15. The van der Waals surface area contributed by atoms with Gasteiger partial charge in [-0.1, -0.05) is 38.0 Å². The van der Waals surface area contributed by atoms with Gasteiger partial charge in [-0.05, 0) is 18.1 Å². The molecular formula is C12H17NO2. The van der Waals surface area contributed by atoms with Gasteiger partial charge in [0.15, 0.2) is 0 Å². The minimum atomic E-state index is -0.589. The molecule has 3 nitrogen and oxygen atoms in total. The summed E-state index contributed by atoms with van der Waals surface area (Å²) in [6, 6.07) is 6.94. The number of carbonyl (C=O) groups excluding carboxylic acids is 1. The molecule has 0 saturated carbocycles. The molecular weight excluding hydrogens is 190 g/mol. The van der Waals surface area contributed by atoms with E-state index in [1.165, 1.54) is 0 Å². The second-order valence-corrected chi connectivity index (χ2v) is 3.61. The van der Waals surface area contributed by atoms with Crippen LogP contribution in [0.25, 0.3) is 0 Å². The maximum atomic E-state index is 11.1. The number of hydrogen-bond acceptors (Lipinski definition) is 2. The van der Waals surface area contributed by atoms with Crippen molar-refractivity contribution in [3.63, 3.8) is 0 Å². The molecule has 0 aliphatic rings. The lowest BCUT2D eigenvalue weighted by molar-refractivity contribution is 0.0990. The van der Waals surface area contributed by atoms with E-state index in [4.69, 9.17) is 5.73 Å². The SMILES string of the molecule is CCCCC(O)c1ccccc1C(N)=O. The van der Waals surface area contributed by atoms with Crippen molar-refractivity contribution in [3.05, 3.63) is 35.4 Å². The zero-order valence-electron chi connectivity index (χ0n) is 8.94. The highest BCUT2D eigenvalue weighted by atomic mass is 16.3. The van der Waals surface area contributed by atoms with Gasteiger partial charge in [-0.3, -0.25) is 4.79 Å². The van der Waals surface area contributed by atoms with Gasteiger partial charge < -0.3 is 10.8 Å². The molecule has 1 amide bonds. The Hall–Kier alpha value is -1.35. The van der Waals surface area contributed by atoms with Gasteiger partial charge in [-0.25, -0.2) is 0 Å². The molecule has 0 aromatic heterocycles. The number of amides is 1. The largest absolute Gasteiger partial charge is 0.388 e. The summed E-state index contributed by atoms with van der Waals surface area (Å²) in [6.07, 6.45) is 2.04. The van der Waals surface area contributed by atoms with Crippen LogP contribution in [0.2, 0.25) is 0 Å². The monoisotopic (exact) mass is 207 g/mol. The summed E-state index contributed by atoms with van der Waals surface area (Å²) >= 11 is 0. The highest BCUT2D eigenvalue weighted by Crippen LogP contribution is 2.22. The van der Waals surface area contributed by atoms with E-state index < -0.39 is 12.0 Å². The number of aliphatic hydroxyl groups excluding tert-OH is 1. The van der Waals surface area contributed by atoms with Crippen LogP contribution in [0.1, 0.15) is 48.2 Å². The van der Waals surface area contributed by atoms with Crippen LogP contribution in [0.15, 0.2) is 24.3 Å². The van der Waals surface area contributed by atoms with Gasteiger partial charge in [0.25, 0.3) is 0 Å². The number of aliphatic hydroxyl groups is 1. The van der Waals surface area contributed by atoms with Crippen LogP contribution in [0, 0.1) is 0 Å². The van der Waals surface area contributed by atoms with Crippen molar-refractivity contribution in [1.82, 2.24) is 0 Å². The van der Waals surface area contributed by atoms with Gasteiger partial charge in [0, 0.05) is 5.56 Å². The zero-order valence-corrected chi connectivity index (χ0v) is 8.94. The molecule has 1 unspecified atom stereocenters. The van der Waals surface area contributed by atoms with Crippen LogP contribution in [-0.4, -0.2) is 11.0 Å². The maximum Gasteiger partial charge on any atom is 0.249 e. The Morgan fingerprint density at radius 1 is 1.47 bits per heavy atom. The first kappa shape index (κ1) is 11.7. The molecule has 1 rings (SSSR count). The summed E-state index contributed by atoms with van der Waals surface area (Å²) in [5, 5.41) is 9.87. The van der Waals surface area contributed by atoms with Gasteiger partial charge in [-0.2, -0.15) is 0 Å². The van der Waals surface area contributed by atoms with Crippen LogP contribution in [-0.2, 0) is 0 Å². The summed E-state index contributed by atoms with van der Waals surface area (Å²) < 4.78 is 0. The van der Waals surface area contributed by atoms with E-state index in [0.29, 0.717) is 17.5 Å². The van der Waals surface area contributed by atoms with Crippen molar-refractivity contribution >= 4 is 5.91 Å². The van der Waals surface area contributed by atoms with Gasteiger partial charge >= 0.3 is 0 Å². The first-order chi connectivity index (χ1) is 7.16. The molecule has 82 valence electrons. The Kier molecular flexibility index (Phi) is 4.31. The molecule has 15 heavy (non-hydrogen) atoms. The Morgan fingerprint density at radius 3 is 2.73 bits per heavy atom. The molecule has 0 spiro atoms. The van der Waals surface area contributed by atoms with E-state index in [9.17, 15) is 9.90 Å². The molecule has 3 N–H and O–H groups in total. The molecule has 0 saturated heterocycles. The average molecular weight is 207 g/mol. The Morgan fingerprint density at radius 2 is 2.13 bits per heavy atom. The highest BCUT2D eigenvalue weighted by Gasteiger charge is 2.14. The maximum absolute atomic E-state index is 11.1. The molecule has 1 atom stereocenters. The molecule has 1 aromatic rings. The third-order valence-corrected chi connectivity index (χ3v) is 2.42. The van der Waals surface area contributed by atoms with Crippen LogP contribution >= 0.6 is 0 Å². The van der Waals surface area contributed by atoms with Crippen molar-refractivity contribution in [2.24, 2.45) is 5.73 Å². The Labute approximate surface area is 89.9 Å². The standard InChI is InChI=1S/C12H17NO2/c1-2-3-8-11(14)9-6-4-5-7-10(9)12(13)15/h4-7,11,14H,2-3,8H2,1H3,(H2,13,15). The summed E-state index contributed by atoms with van der Waals surface area (Å²) in [4.78, 5) is 11.1. The van der Waals surface area contributed by atoms with E-state index in [2.05, 4.69) is 6.92 Å². The number of primary amides is 1. The summed E-state index contributed by atoms with van der Waals surface area (Å²) in [5.74, 6) is -0.485. The molecule has 0 radical (unpaired) electrons. The third-order valence-electron chi connectivity index (χ3n) is 2.42. The number of unbranched alkanes of at least 4 members (excludes halogenated alkanes) is 1. The van der Waals surface area contributed by atoms with E-state index >= 15 is 0 Å². The number of rotatable bonds is 5. The van der Waals surface area contributed by atoms with Gasteiger partial charge in [0.2, 0.25) is 5.91 Å². The number of hydrogen-bond donors (Lipinski definition) is 2. The smallest absolute Gasteiger partial charge is 0.249 e. The van der Waals surface area contributed by atoms with Gasteiger partial charge in [0.05, 0.1) is 6.10 Å². The molecule has 0 bridgehead atoms. The quantitative estimate of drug-likeness (QED) is 0.775. The zero-order chi connectivity index (χ0) is 11.3. The van der Waals surface area contributed by atoms with Crippen molar-refractivity contribution < 1.29 is 9.90 Å². The van der Waals surface area contributed by atoms with Gasteiger partial charge in [0.1, 0.15) is 0 Å². The fourth-order valence-electron chi connectivity index (χ4n) is 1.56. The molecule has 3 heteroatoms. The molecule has 0 aliphatic carbocycles. The van der Waals surface area contributed by atoms with E-state index in [1.807, 2.05) is 0 Å². The van der Waals surface area contributed by atoms with Crippen molar-refractivity contribution in [1.29, 1.82) is 0 Å². The molecule has 0 aliphatic heterocycles. The fourth-order valence-corrected chi connectivity index (χ4v) is 1.56. The first-order valence-corrected chi connectivity index (χ1v) is 5.23. The van der Waals surface area contributed by atoms with E-state index in [1.54, 1.807) is 24.3 Å². The Balaban J connectivity index is 2.87. The van der Waals surface area contributed by atoms with Gasteiger partial charge in [-0.15, -0.1) is 0 Å². The Bertz CT molecular complexity index is 336. The summed E-state index contributed by atoms with van der Waals surface area (Å²) in [7, 11) is 0. The topological polar surface area (TPSA) is 63.3 Å². The molecule has 0 fully saturated rings. The lowest BCUT2D eigenvalue weighted by atomic mass is 9.98. The first-order valence-electron chi connectivity index (χ1n) is 5.23. The highest BCUT2D eigenvalue weighted by molar-refractivity contribution is 5.94. The molecule has 1 aromatic carbocycles. The van der Waals surface area contributed by atoms with Crippen LogP contribution in [0.5, 0.6) is 0 Å². The minimum Gasteiger partial charge on any atom is -0.388 e. The fraction of sp³-hybridized carbons (Fsp3) is 0.417. The second kappa shape index (κ2) is 5.51. The van der Waals surface area contributed by atoms with Crippen LogP contribution in [0.4, 0.5) is 0 Å². The van der Waals surface area contributed by atoms with Crippen molar-refractivity contribution in [3.8, 4) is 0 Å². The van der Waals surface area contributed by atoms with E-state index in [-0.39, 0.29) is 0 Å². The van der Waals surface area contributed by atoms with Crippen LogP contribution < -0.4 is 5.73 Å². The number of nitrogens with two attached hydrogens (primary N) is 1. The average Bonchev–Trinajstić information content (AvgIpc) is 2.25. The number of benzene rings is 1. The predicted molar refractivity (Wildman–Crippen MR) is 59.4 cm³/mol. The summed E-state index contributed by atoms with van der Waals surface area (Å²) in [5.41, 5.74) is 6.29. The minimum absolute atomic E-state index is 0.418. The van der Waals surface area contributed by atoms with Crippen LogP contribution in [0.3, 0.4) is 0 Å². The summed E-state index contributed by atoms with van der Waals surface area (Å²) in [6.45, 7) is 2.06. The van der Waals surface area contributed by atoms with Crippen molar-refractivity contribution in [2.75, 3.05) is 0 Å². The normalized spacial score (nSPS) is 12.4. The molecule has 0 heterocycles.